The zero-order valence-corrected chi connectivity index (χ0v) is 12.1. The van der Waals surface area contributed by atoms with Gasteiger partial charge in [0, 0.05) is 12.4 Å². The molecule has 0 aliphatic carbocycles. The van der Waals surface area contributed by atoms with Crippen molar-refractivity contribution in [2.45, 2.75) is 13.8 Å². The Kier molecular flexibility index (Phi) is 3.90. The van der Waals surface area contributed by atoms with Crippen molar-refractivity contribution in [1.82, 2.24) is 19.7 Å². The number of carbonyl (C=O) groups excluding carboxylic acids is 1. The largest absolute Gasteiger partial charge is 0.462 e. The van der Waals surface area contributed by atoms with E-state index in [1.165, 1.54) is 6.20 Å². The Morgan fingerprint density at radius 1 is 1.50 bits per heavy atom. The first-order valence-electron chi connectivity index (χ1n) is 5.33. The van der Waals surface area contributed by atoms with Crippen molar-refractivity contribution in [2.75, 3.05) is 6.61 Å². The summed E-state index contributed by atoms with van der Waals surface area (Å²) < 4.78 is 7.46. The quantitative estimate of drug-likeness (QED) is 0.618. The number of hydrogen-bond acceptors (Lipinski definition) is 5. The first-order chi connectivity index (χ1) is 8.61. The van der Waals surface area contributed by atoms with Gasteiger partial charge in [-0.3, -0.25) is 0 Å². The molecule has 0 N–H and O–H groups in total. The Morgan fingerprint density at radius 2 is 2.28 bits per heavy atom. The molecule has 0 aliphatic heterocycles. The number of esters is 1. The van der Waals surface area contributed by atoms with Crippen LogP contribution < -0.4 is 0 Å². The fourth-order valence-electron chi connectivity index (χ4n) is 1.38. The van der Waals surface area contributed by atoms with Crippen LogP contribution in [0.4, 0.5) is 0 Å². The van der Waals surface area contributed by atoms with Crippen LogP contribution in [0.3, 0.4) is 0 Å². The van der Waals surface area contributed by atoms with Gasteiger partial charge in [-0.25, -0.2) is 19.4 Å². The van der Waals surface area contributed by atoms with Crippen LogP contribution in [0.5, 0.6) is 0 Å². The van der Waals surface area contributed by atoms with Crippen LogP contribution in [-0.4, -0.2) is 32.3 Å². The van der Waals surface area contributed by atoms with E-state index in [0.29, 0.717) is 23.8 Å². The number of rotatable bonds is 3. The Bertz CT molecular complexity index is 582. The van der Waals surface area contributed by atoms with Crippen LogP contribution >= 0.6 is 22.6 Å². The maximum Gasteiger partial charge on any atom is 0.341 e. The predicted octanol–water partition coefficient (Wildman–Crippen LogP) is 1.75. The van der Waals surface area contributed by atoms with Gasteiger partial charge in [0.2, 0.25) is 0 Å². The second-order valence-corrected chi connectivity index (χ2v) is 4.74. The van der Waals surface area contributed by atoms with Gasteiger partial charge in [-0.1, -0.05) is 0 Å². The first kappa shape index (κ1) is 12.9. The Labute approximate surface area is 118 Å². The topological polar surface area (TPSA) is 69.9 Å². The third-order valence-corrected chi connectivity index (χ3v) is 2.78. The first-order valence-corrected chi connectivity index (χ1v) is 6.41. The summed E-state index contributed by atoms with van der Waals surface area (Å²) in [6, 6.07) is 0. The molecule has 0 saturated carbocycles. The molecule has 0 amide bonds. The molecule has 2 aromatic rings. The number of aromatic nitrogens is 4. The monoisotopic (exact) mass is 358 g/mol. The number of nitrogens with zero attached hydrogens (tertiary/aromatic N) is 4. The minimum absolute atomic E-state index is 0.331. The zero-order valence-electron chi connectivity index (χ0n) is 9.92. The third-order valence-electron chi connectivity index (χ3n) is 2.22. The van der Waals surface area contributed by atoms with E-state index >= 15 is 0 Å². The maximum atomic E-state index is 11.6. The summed E-state index contributed by atoms with van der Waals surface area (Å²) >= 11 is 2.15. The molecule has 2 heterocycles. The van der Waals surface area contributed by atoms with Crippen molar-refractivity contribution in [3.63, 3.8) is 0 Å². The summed E-state index contributed by atoms with van der Waals surface area (Å²) in [6.45, 7) is 3.83. The molecule has 2 aromatic heterocycles. The van der Waals surface area contributed by atoms with Gasteiger partial charge in [0.25, 0.3) is 5.95 Å². The van der Waals surface area contributed by atoms with E-state index in [4.69, 9.17) is 4.74 Å². The highest BCUT2D eigenvalue weighted by atomic mass is 127. The lowest BCUT2D eigenvalue weighted by Gasteiger charge is -2.05. The summed E-state index contributed by atoms with van der Waals surface area (Å²) in [4.78, 5) is 19.9. The van der Waals surface area contributed by atoms with Crippen molar-refractivity contribution < 1.29 is 9.53 Å². The van der Waals surface area contributed by atoms with E-state index in [0.717, 1.165) is 3.57 Å². The van der Waals surface area contributed by atoms with Gasteiger partial charge in [-0.05, 0) is 36.4 Å². The van der Waals surface area contributed by atoms with E-state index in [-0.39, 0.29) is 0 Å². The van der Waals surface area contributed by atoms with Crippen LogP contribution in [0.2, 0.25) is 0 Å². The Morgan fingerprint density at radius 3 is 2.83 bits per heavy atom. The smallest absolute Gasteiger partial charge is 0.341 e. The van der Waals surface area contributed by atoms with Crippen molar-refractivity contribution in [3.8, 4) is 5.95 Å². The second-order valence-electron chi connectivity index (χ2n) is 3.49. The standard InChI is InChI=1S/C11H11IN4O2/c1-3-18-10(17)9-5-13-11(15-7(9)2)16-6-8(12)4-14-16/h4-6H,3H2,1-2H3. The minimum atomic E-state index is -0.406. The average molecular weight is 358 g/mol. The molecular weight excluding hydrogens is 347 g/mol. The molecule has 2 rings (SSSR count). The van der Waals surface area contributed by atoms with Crippen molar-refractivity contribution in [3.05, 3.63) is 33.4 Å². The van der Waals surface area contributed by atoms with Crippen molar-refractivity contribution in [2.24, 2.45) is 0 Å². The fraction of sp³-hybridized carbons (Fsp3) is 0.273. The molecule has 0 fully saturated rings. The van der Waals surface area contributed by atoms with E-state index in [1.807, 2.05) is 0 Å². The Balaban J connectivity index is 2.33. The molecule has 7 heteroatoms. The third kappa shape index (κ3) is 2.66. The van der Waals surface area contributed by atoms with Gasteiger partial charge in [-0.15, -0.1) is 0 Å². The molecule has 0 atom stereocenters. The molecule has 94 valence electrons. The summed E-state index contributed by atoms with van der Waals surface area (Å²) in [6.07, 6.45) is 4.97. The molecule has 0 bridgehead atoms. The number of halogens is 1. The van der Waals surface area contributed by atoms with Gasteiger partial charge in [0.1, 0.15) is 0 Å². The van der Waals surface area contributed by atoms with E-state index in [1.54, 1.807) is 30.9 Å². The van der Waals surface area contributed by atoms with Crippen molar-refractivity contribution >= 4 is 28.6 Å². The highest BCUT2D eigenvalue weighted by Gasteiger charge is 2.13. The predicted molar refractivity (Wildman–Crippen MR) is 72.6 cm³/mol. The molecule has 0 saturated heterocycles. The summed E-state index contributed by atoms with van der Waals surface area (Å²) in [5, 5.41) is 4.11. The van der Waals surface area contributed by atoms with Crippen LogP contribution in [0.25, 0.3) is 5.95 Å². The molecule has 0 unspecified atom stereocenters. The molecular formula is C11H11IN4O2. The normalized spacial score (nSPS) is 10.4. The lowest BCUT2D eigenvalue weighted by atomic mass is 10.2. The van der Waals surface area contributed by atoms with Gasteiger partial charge < -0.3 is 4.74 Å². The lowest BCUT2D eigenvalue weighted by molar-refractivity contribution is 0.0524. The molecule has 6 nitrogen and oxygen atoms in total. The van der Waals surface area contributed by atoms with Gasteiger partial charge in [-0.2, -0.15) is 5.10 Å². The van der Waals surface area contributed by atoms with Crippen LogP contribution in [0.15, 0.2) is 18.6 Å². The van der Waals surface area contributed by atoms with Gasteiger partial charge >= 0.3 is 5.97 Å². The van der Waals surface area contributed by atoms with Gasteiger partial charge in [0.15, 0.2) is 0 Å². The number of hydrogen-bond donors (Lipinski definition) is 0. The number of aryl methyl sites for hydroxylation is 1. The SMILES string of the molecule is CCOC(=O)c1cnc(-n2cc(I)cn2)nc1C. The van der Waals surface area contributed by atoms with E-state index in [2.05, 4.69) is 37.7 Å². The summed E-state index contributed by atoms with van der Waals surface area (Å²) in [7, 11) is 0. The summed E-state index contributed by atoms with van der Waals surface area (Å²) in [5.41, 5.74) is 0.950. The average Bonchev–Trinajstić information content (AvgIpc) is 2.76. The molecule has 0 aliphatic rings. The lowest BCUT2D eigenvalue weighted by Crippen LogP contribution is -2.11. The molecule has 0 spiro atoms. The zero-order chi connectivity index (χ0) is 13.1. The van der Waals surface area contributed by atoms with Gasteiger partial charge in [0.05, 0.1) is 27.6 Å². The van der Waals surface area contributed by atoms with Crippen LogP contribution in [-0.2, 0) is 4.74 Å². The summed E-state index contributed by atoms with van der Waals surface area (Å²) in [5.74, 6) is 0.0278. The molecule has 0 aromatic carbocycles. The molecule has 18 heavy (non-hydrogen) atoms. The highest BCUT2D eigenvalue weighted by molar-refractivity contribution is 14.1. The highest BCUT2D eigenvalue weighted by Crippen LogP contribution is 2.10. The van der Waals surface area contributed by atoms with Crippen LogP contribution in [0, 0.1) is 10.5 Å². The number of carbonyl (C=O) groups is 1. The van der Waals surface area contributed by atoms with Crippen molar-refractivity contribution in [1.29, 1.82) is 0 Å². The van der Waals surface area contributed by atoms with E-state index in [9.17, 15) is 4.79 Å². The maximum absolute atomic E-state index is 11.6. The molecule has 0 radical (unpaired) electrons. The second kappa shape index (κ2) is 5.42. The Hall–Kier alpha value is -1.51. The van der Waals surface area contributed by atoms with E-state index < -0.39 is 5.97 Å². The number of ether oxygens (including phenoxy) is 1. The van der Waals surface area contributed by atoms with Crippen LogP contribution in [0.1, 0.15) is 23.0 Å². The fourth-order valence-corrected chi connectivity index (χ4v) is 1.77. The minimum Gasteiger partial charge on any atom is -0.462 e.